The molecule has 0 aromatic heterocycles. The van der Waals surface area contributed by atoms with Gasteiger partial charge in [-0.15, -0.1) is 11.6 Å². The van der Waals surface area contributed by atoms with E-state index in [0.717, 1.165) is 18.4 Å². The molecule has 0 unspecified atom stereocenters. The van der Waals surface area contributed by atoms with E-state index in [1.165, 1.54) is 12.8 Å². The summed E-state index contributed by atoms with van der Waals surface area (Å²) in [7, 11) is 0. The highest BCUT2D eigenvalue weighted by molar-refractivity contribution is 6.19. The van der Waals surface area contributed by atoms with E-state index in [4.69, 9.17) is 16.4 Å². The van der Waals surface area contributed by atoms with Crippen LogP contribution in [-0.4, -0.2) is 18.4 Å². The van der Waals surface area contributed by atoms with Crippen molar-refractivity contribution in [3.8, 4) is 0 Å². The molecule has 1 aromatic rings. The van der Waals surface area contributed by atoms with Gasteiger partial charge in [0, 0.05) is 11.4 Å². The van der Waals surface area contributed by atoms with E-state index in [0.29, 0.717) is 18.1 Å². The number of nitrogens with one attached hydrogen (secondary N) is 1. The molecule has 0 saturated heterocycles. The van der Waals surface area contributed by atoms with Gasteiger partial charge in [0.2, 0.25) is 0 Å². The number of amides is 1. The number of allylic oxidation sites excluding steroid dienone is 1. The summed E-state index contributed by atoms with van der Waals surface area (Å²) in [6.45, 7) is 2.71. The van der Waals surface area contributed by atoms with Crippen molar-refractivity contribution in [2.24, 2.45) is 0 Å². The lowest BCUT2D eigenvalue weighted by Gasteiger charge is -2.06. The van der Waals surface area contributed by atoms with Crippen molar-refractivity contribution in [3.05, 3.63) is 41.5 Å². The smallest absolute Gasteiger partial charge is 0.273 e. The molecule has 1 aromatic carbocycles. The Hall–Kier alpha value is -1.32. The lowest BCUT2D eigenvalue weighted by Crippen LogP contribution is -2.24. The van der Waals surface area contributed by atoms with Crippen LogP contribution >= 0.6 is 11.6 Å². The maximum absolute atomic E-state index is 11.9. The van der Waals surface area contributed by atoms with Crippen LogP contribution in [0.1, 0.15) is 48.5 Å². The summed E-state index contributed by atoms with van der Waals surface area (Å²) in [4.78, 5) is 17.1. The Balaban J connectivity index is 2.37. The third-order valence-electron chi connectivity index (χ3n) is 2.81. The highest BCUT2D eigenvalue weighted by Gasteiger charge is 2.05. The van der Waals surface area contributed by atoms with Crippen molar-refractivity contribution in [2.45, 2.75) is 32.6 Å². The van der Waals surface area contributed by atoms with E-state index in [-0.39, 0.29) is 5.91 Å². The Morgan fingerprint density at radius 2 is 2.20 bits per heavy atom. The largest absolute Gasteiger partial charge is 0.274 e. The van der Waals surface area contributed by atoms with Gasteiger partial charge in [0.05, 0.1) is 6.61 Å². The van der Waals surface area contributed by atoms with E-state index in [9.17, 15) is 4.79 Å². The molecular formula is C16H22ClNO2. The highest BCUT2D eigenvalue weighted by atomic mass is 35.5. The molecule has 110 valence electrons. The number of rotatable bonds is 9. The second-order valence-electron chi connectivity index (χ2n) is 4.52. The molecule has 0 heterocycles. The summed E-state index contributed by atoms with van der Waals surface area (Å²) in [6, 6.07) is 7.32. The van der Waals surface area contributed by atoms with Gasteiger partial charge in [0.15, 0.2) is 0 Å². The molecule has 0 fully saturated rings. The van der Waals surface area contributed by atoms with Crippen LogP contribution in [0.5, 0.6) is 0 Å². The van der Waals surface area contributed by atoms with Gasteiger partial charge in [-0.05, 0) is 24.1 Å². The molecular weight excluding hydrogens is 274 g/mol. The van der Waals surface area contributed by atoms with Crippen molar-refractivity contribution >= 4 is 23.6 Å². The van der Waals surface area contributed by atoms with Crippen molar-refractivity contribution < 1.29 is 9.63 Å². The zero-order chi connectivity index (χ0) is 14.6. The summed E-state index contributed by atoms with van der Waals surface area (Å²) in [5.41, 5.74) is 3.99. The second kappa shape index (κ2) is 10.5. The average molecular weight is 296 g/mol. The topological polar surface area (TPSA) is 38.3 Å². The molecule has 4 heteroatoms. The van der Waals surface area contributed by atoms with Gasteiger partial charge >= 0.3 is 0 Å². The van der Waals surface area contributed by atoms with E-state index in [1.54, 1.807) is 12.1 Å². The van der Waals surface area contributed by atoms with E-state index >= 15 is 0 Å². The van der Waals surface area contributed by atoms with Gasteiger partial charge in [-0.25, -0.2) is 5.48 Å². The van der Waals surface area contributed by atoms with Crippen molar-refractivity contribution in [2.75, 3.05) is 12.5 Å². The lowest BCUT2D eigenvalue weighted by atomic mass is 10.1. The van der Waals surface area contributed by atoms with Gasteiger partial charge in [-0.2, -0.15) is 0 Å². The summed E-state index contributed by atoms with van der Waals surface area (Å²) >= 11 is 5.59. The fourth-order valence-electron chi connectivity index (χ4n) is 1.74. The Bertz CT molecular complexity index is 432. The van der Waals surface area contributed by atoms with Crippen molar-refractivity contribution in [3.63, 3.8) is 0 Å². The molecule has 3 nitrogen and oxygen atoms in total. The van der Waals surface area contributed by atoms with Crippen LogP contribution < -0.4 is 5.48 Å². The van der Waals surface area contributed by atoms with Gasteiger partial charge in [-0.1, -0.05) is 50.5 Å². The molecule has 0 aliphatic heterocycles. The van der Waals surface area contributed by atoms with E-state index in [1.807, 2.05) is 24.3 Å². The molecule has 0 spiro atoms. The van der Waals surface area contributed by atoms with Crippen LogP contribution in [0.3, 0.4) is 0 Å². The zero-order valence-electron chi connectivity index (χ0n) is 11.9. The maximum Gasteiger partial charge on any atom is 0.274 e. The van der Waals surface area contributed by atoms with Gasteiger partial charge in [0.25, 0.3) is 5.91 Å². The first kappa shape index (κ1) is 16.7. The molecule has 20 heavy (non-hydrogen) atoms. The third kappa shape index (κ3) is 6.73. The van der Waals surface area contributed by atoms with Crippen LogP contribution in [0.4, 0.5) is 0 Å². The molecule has 1 amide bonds. The van der Waals surface area contributed by atoms with Gasteiger partial charge in [0.1, 0.15) is 0 Å². The Kier molecular flexibility index (Phi) is 8.76. The summed E-state index contributed by atoms with van der Waals surface area (Å²) in [5, 5.41) is 0. The number of hydrogen-bond donors (Lipinski definition) is 1. The predicted molar refractivity (Wildman–Crippen MR) is 83.8 cm³/mol. The molecule has 0 radical (unpaired) electrons. The second-order valence-corrected chi connectivity index (χ2v) is 4.83. The van der Waals surface area contributed by atoms with Crippen molar-refractivity contribution in [1.29, 1.82) is 0 Å². The number of halogens is 1. The molecule has 1 N–H and O–H groups in total. The lowest BCUT2D eigenvalue weighted by molar-refractivity contribution is 0.0297. The first-order chi connectivity index (χ1) is 9.77. The zero-order valence-corrected chi connectivity index (χ0v) is 12.7. The SMILES string of the molecule is CCCCCCONC(=O)c1cccc(/C=C/CCl)c1. The number of hydrogen-bond acceptors (Lipinski definition) is 2. The monoisotopic (exact) mass is 295 g/mol. The molecule has 0 saturated carbocycles. The van der Waals surface area contributed by atoms with Crippen LogP contribution in [0.15, 0.2) is 30.3 Å². The number of hydroxylamine groups is 1. The normalized spacial score (nSPS) is 10.9. The fourth-order valence-corrected chi connectivity index (χ4v) is 1.83. The van der Waals surface area contributed by atoms with Crippen LogP contribution in [0, 0.1) is 0 Å². The minimum absolute atomic E-state index is 0.221. The van der Waals surface area contributed by atoms with Crippen LogP contribution in [0.25, 0.3) is 6.08 Å². The number of carbonyl (C=O) groups excluding carboxylic acids is 1. The number of carbonyl (C=O) groups is 1. The molecule has 0 atom stereocenters. The van der Waals surface area contributed by atoms with Crippen LogP contribution in [0.2, 0.25) is 0 Å². The van der Waals surface area contributed by atoms with E-state index in [2.05, 4.69) is 12.4 Å². The fraction of sp³-hybridized carbons (Fsp3) is 0.438. The first-order valence-electron chi connectivity index (χ1n) is 7.02. The summed E-state index contributed by atoms with van der Waals surface area (Å²) in [5.74, 6) is 0.235. The predicted octanol–water partition coefficient (Wildman–Crippen LogP) is 4.18. The number of unbranched alkanes of at least 4 members (excludes halogenated alkanes) is 3. The highest BCUT2D eigenvalue weighted by Crippen LogP contribution is 2.07. The Morgan fingerprint density at radius 1 is 1.35 bits per heavy atom. The quantitative estimate of drug-likeness (QED) is 0.422. The van der Waals surface area contributed by atoms with Gasteiger partial charge < -0.3 is 0 Å². The first-order valence-corrected chi connectivity index (χ1v) is 7.56. The van der Waals surface area contributed by atoms with Crippen LogP contribution in [-0.2, 0) is 4.84 Å². The third-order valence-corrected chi connectivity index (χ3v) is 2.99. The van der Waals surface area contributed by atoms with Crippen molar-refractivity contribution in [1.82, 2.24) is 5.48 Å². The standard InChI is InChI=1S/C16H22ClNO2/c1-2-3-4-5-12-20-18-16(19)15-10-6-8-14(13-15)9-7-11-17/h6-10,13H,2-5,11-12H2,1H3,(H,18,19)/b9-7+. The van der Waals surface area contributed by atoms with Gasteiger partial charge in [-0.3, -0.25) is 9.63 Å². The Labute approximate surface area is 125 Å². The number of alkyl halides is 1. The number of benzene rings is 1. The average Bonchev–Trinajstić information content (AvgIpc) is 2.48. The minimum atomic E-state index is -0.221. The van der Waals surface area contributed by atoms with E-state index < -0.39 is 0 Å². The molecule has 0 bridgehead atoms. The molecule has 0 aliphatic rings. The summed E-state index contributed by atoms with van der Waals surface area (Å²) in [6.07, 6.45) is 8.21. The minimum Gasteiger partial charge on any atom is -0.273 e. The molecule has 0 aliphatic carbocycles. The maximum atomic E-state index is 11.9. The Morgan fingerprint density at radius 3 is 2.95 bits per heavy atom. The molecule has 1 rings (SSSR count). The summed E-state index contributed by atoms with van der Waals surface area (Å²) < 4.78 is 0.